The maximum absolute atomic E-state index is 12.1. The van der Waals surface area contributed by atoms with Crippen LogP contribution < -0.4 is 9.46 Å². The fraction of sp³-hybridized carbons (Fsp3) is 0.500. The second-order valence-electron chi connectivity index (χ2n) is 5.60. The molecule has 26 heavy (non-hydrogen) atoms. The van der Waals surface area contributed by atoms with E-state index in [1.807, 2.05) is 0 Å². The van der Waals surface area contributed by atoms with Gasteiger partial charge in [-0.05, 0) is 25.0 Å². The Bertz CT molecular complexity index is 835. The van der Waals surface area contributed by atoms with Gasteiger partial charge in [-0.15, -0.1) is 0 Å². The quantitative estimate of drug-likeness (QED) is 0.794. The highest BCUT2D eigenvalue weighted by Gasteiger charge is 2.30. The fourth-order valence-corrected chi connectivity index (χ4v) is 3.61. The van der Waals surface area contributed by atoms with Gasteiger partial charge in [0.2, 0.25) is 11.7 Å². The largest absolute Gasteiger partial charge is 0.433 e. The van der Waals surface area contributed by atoms with E-state index in [0.717, 1.165) is 6.20 Å². The van der Waals surface area contributed by atoms with Crippen molar-refractivity contribution < 1.29 is 26.5 Å². The Balaban J connectivity index is 1.65. The Hall–Kier alpha value is -2.18. The molecule has 0 unspecified atom stereocenters. The van der Waals surface area contributed by atoms with Gasteiger partial charge in [-0.25, -0.2) is 9.71 Å². The summed E-state index contributed by atoms with van der Waals surface area (Å²) in [5, 5.41) is 3.85. The predicted octanol–water partition coefficient (Wildman–Crippen LogP) is 1.38. The van der Waals surface area contributed by atoms with E-state index in [1.54, 1.807) is 0 Å². The van der Waals surface area contributed by atoms with Gasteiger partial charge in [0.1, 0.15) is 11.4 Å². The number of ether oxygens (including phenoxy) is 1. The third-order valence-electron chi connectivity index (χ3n) is 4.03. The van der Waals surface area contributed by atoms with Gasteiger partial charge in [0.05, 0.1) is 6.20 Å². The first kappa shape index (κ1) is 18.6. The van der Waals surface area contributed by atoms with E-state index in [9.17, 15) is 17.2 Å². The SMILES string of the molecule is CNS(=O)(=O)N1CCC(c2nc(-c3ccc(OC(F)F)cn3)no2)CC1. The third kappa shape index (κ3) is 4.14. The van der Waals surface area contributed by atoms with Crippen molar-refractivity contribution in [1.82, 2.24) is 24.2 Å². The lowest BCUT2D eigenvalue weighted by Crippen LogP contribution is -2.43. The molecule has 12 heteroatoms. The smallest absolute Gasteiger partial charge is 0.387 e. The fourth-order valence-electron chi connectivity index (χ4n) is 2.66. The van der Waals surface area contributed by atoms with Crippen LogP contribution in [0.2, 0.25) is 0 Å². The minimum atomic E-state index is -3.44. The number of nitrogens with zero attached hydrogens (tertiary/aromatic N) is 4. The van der Waals surface area contributed by atoms with Gasteiger partial charge in [-0.3, -0.25) is 0 Å². The summed E-state index contributed by atoms with van der Waals surface area (Å²) in [5.41, 5.74) is 0.358. The summed E-state index contributed by atoms with van der Waals surface area (Å²) in [5.74, 6) is 0.511. The molecule has 1 aliphatic rings. The molecular formula is C14H17F2N5O4S. The number of aromatic nitrogens is 3. The van der Waals surface area contributed by atoms with E-state index in [-0.39, 0.29) is 17.5 Å². The van der Waals surface area contributed by atoms with Gasteiger partial charge < -0.3 is 9.26 Å². The third-order valence-corrected chi connectivity index (χ3v) is 5.59. The minimum Gasteiger partial charge on any atom is -0.433 e. The molecule has 0 aliphatic carbocycles. The van der Waals surface area contributed by atoms with Crippen molar-refractivity contribution in [3.05, 3.63) is 24.2 Å². The van der Waals surface area contributed by atoms with Gasteiger partial charge in [0.25, 0.3) is 10.2 Å². The molecule has 0 spiro atoms. The average molecular weight is 389 g/mol. The Morgan fingerprint density at radius 2 is 2.08 bits per heavy atom. The van der Waals surface area contributed by atoms with Crippen molar-refractivity contribution in [2.45, 2.75) is 25.4 Å². The van der Waals surface area contributed by atoms with Gasteiger partial charge in [0.15, 0.2) is 0 Å². The van der Waals surface area contributed by atoms with E-state index < -0.39 is 16.8 Å². The lowest BCUT2D eigenvalue weighted by Gasteiger charge is -2.28. The lowest BCUT2D eigenvalue weighted by molar-refractivity contribution is -0.0500. The van der Waals surface area contributed by atoms with E-state index in [2.05, 4.69) is 24.6 Å². The predicted molar refractivity (Wildman–Crippen MR) is 85.7 cm³/mol. The number of rotatable bonds is 6. The number of hydrogen-bond acceptors (Lipinski definition) is 7. The molecule has 2 aromatic heterocycles. The molecule has 0 bridgehead atoms. The first-order valence-electron chi connectivity index (χ1n) is 7.82. The highest BCUT2D eigenvalue weighted by Crippen LogP contribution is 2.29. The Morgan fingerprint density at radius 3 is 2.65 bits per heavy atom. The normalized spacial score (nSPS) is 16.9. The van der Waals surface area contributed by atoms with Crippen molar-refractivity contribution in [3.63, 3.8) is 0 Å². The molecule has 1 aliphatic heterocycles. The molecule has 9 nitrogen and oxygen atoms in total. The number of piperidine rings is 1. The minimum absolute atomic E-state index is 0.0546. The molecule has 1 N–H and O–H groups in total. The number of nitrogens with one attached hydrogen (secondary N) is 1. The molecule has 0 radical (unpaired) electrons. The van der Waals surface area contributed by atoms with E-state index >= 15 is 0 Å². The van der Waals surface area contributed by atoms with Crippen LogP contribution in [0.4, 0.5) is 8.78 Å². The van der Waals surface area contributed by atoms with Crippen molar-refractivity contribution in [2.24, 2.45) is 0 Å². The monoisotopic (exact) mass is 389 g/mol. The summed E-state index contributed by atoms with van der Waals surface area (Å²) >= 11 is 0. The van der Waals surface area contributed by atoms with Crippen molar-refractivity contribution >= 4 is 10.2 Å². The van der Waals surface area contributed by atoms with Crippen LogP contribution in [0.1, 0.15) is 24.7 Å². The topological polar surface area (TPSA) is 110 Å². The average Bonchev–Trinajstić information content (AvgIpc) is 3.12. The van der Waals surface area contributed by atoms with Gasteiger partial charge in [-0.2, -0.15) is 26.5 Å². The second kappa shape index (κ2) is 7.60. The maximum Gasteiger partial charge on any atom is 0.387 e. The van der Waals surface area contributed by atoms with E-state index in [4.69, 9.17) is 4.52 Å². The van der Waals surface area contributed by atoms with Crippen LogP contribution in [0.5, 0.6) is 5.75 Å². The van der Waals surface area contributed by atoms with Gasteiger partial charge >= 0.3 is 6.61 Å². The molecule has 0 saturated carbocycles. The van der Waals surface area contributed by atoms with Gasteiger partial charge in [0, 0.05) is 26.1 Å². The summed E-state index contributed by atoms with van der Waals surface area (Å²) in [6, 6.07) is 2.79. The van der Waals surface area contributed by atoms with Crippen molar-refractivity contribution in [2.75, 3.05) is 20.1 Å². The number of pyridine rings is 1. The summed E-state index contributed by atoms with van der Waals surface area (Å²) in [6.45, 7) is -2.22. The Labute approximate surface area is 148 Å². The standard InChI is InChI=1S/C14H17F2N5O4S/c1-17-26(22,23)21-6-4-9(5-7-21)13-19-12(20-25-13)11-3-2-10(8-18-11)24-14(15)16/h2-3,8-9,14,17H,4-7H2,1H3. The summed E-state index contributed by atoms with van der Waals surface area (Å²) in [6.07, 6.45) is 2.26. The van der Waals surface area contributed by atoms with Crippen LogP contribution in [0.25, 0.3) is 11.5 Å². The van der Waals surface area contributed by atoms with Crippen LogP contribution in [0.15, 0.2) is 22.9 Å². The molecule has 142 valence electrons. The van der Waals surface area contributed by atoms with Gasteiger partial charge in [-0.1, -0.05) is 5.16 Å². The lowest BCUT2D eigenvalue weighted by atomic mass is 9.98. The first-order valence-corrected chi connectivity index (χ1v) is 9.26. The molecule has 0 amide bonds. The highest BCUT2D eigenvalue weighted by atomic mass is 32.2. The zero-order valence-corrected chi connectivity index (χ0v) is 14.6. The summed E-state index contributed by atoms with van der Waals surface area (Å²) in [7, 11) is -2.06. The maximum atomic E-state index is 12.1. The number of halogens is 2. The number of hydrogen-bond donors (Lipinski definition) is 1. The first-order chi connectivity index (χ1) is 12.4. The van der Waals surface area contributed by atoms with Crippen LogP contribution in [0, 0.1) is 0 Å². The van der Waals surface area contributed by atoms with Crippen LogP contribution in [-0.4, -0.2) is 54.6 Å². The molecule has 0 atom stereocenters. The molecular weight excluding hydrogens is 372 g/mol. The van der Waals surface area contributed by atoms with E-state index in [1.165, 1.54) is 23.5 Å². The molecule has 3 heterocycles. The van der Waals surface area contributed by atoms with Crippen molar-refractivity contribution in [1.29, 1.82) is 0 Å². The molecule has 2 aromatic rings. The Kier molecular flexibility index (Phi) is 5.44. The van der Waals surface area contributed by atoms with Crippen LogP contribution in [-0.2, 0) is 10.2 Å². The second-order valence-corrected chi connectivity index (χ2v) is 7.47. The summed E-state index contributed by atoms with van der Waals surface area (Å²) in [4.78, 5) is 8.27. The molecule has 1 fully saturated rings. The summed E-state index contributed by atoms with van der Waals surface area (Å²) < 4.78 is 61.0. The van der Waals surface area contributed by atoms with Crippen LogP contribution >= 0.6 is 0 Å². The molecule has 3 rings (SSSR count). The number of alkyl halides is 2. The molecule has 1 saturated heterocycles. The Morgan fingerprint density at radius 1 is 1.35 bits per heavy atom. The van der Waals surface area contributed by atoms with Crippen LogP contribution in [0.3, 0.4) is 0 Å². The van der Waals surface area contributed by atoms with Crippen molar-refractivity contribution in [3.8, 4) is 17.3 Å². The highest BCUT2D eigenvalue weighted by molar-refractivity contribution is 7.87. The van der Waals surface area contributed by atoms with E-state index in [0.29, 0.717) is 37.5 Å². The zero-order chi connectivity index (χ0) is 18.7. The molecule has 0 aromatic carbocycles. The zero-order valence-electron chi connectivity index (χ0n) is 13.8.